The number of aromatic nitrogens is 2. The third-order valence-corrected chi connectivity index (χ3v) is 0.715. The molecule has 0 unspecified atom stereocenters. The number of nitrogens with zero attached hydrogens (tertiary/aromatic N) is 2. The van der Waals surface area contributed by atoms with Gasteiger partial charge in [0.15, 0.2) is 0 Å². The first kappa shape index (κ1) is 6.23. The van der Waals surface area contributed by atoms with Gasteiger partial charge in [-0.25, -0.2) is 0 Å². The first-order chi connectivity index (χ1) is 3.50. The van der Waals surface area contributed by atoms with Gasteiger partial charge < -0.3 is 4.79 Å². The fourth-order valence-corrected chi connectivity index (χ4v) is 0.408. The minimum absolute atomic E-state index is 1.35. The molecule has 1 heterocycles. The number of carbonyl (C=O) groups is 1. The van der Waals surface area contributed by atoms with E-state index in [0.29, 0.717) is 0 Å². The van der Waals surface area contributed by atoms with Crippen molar-refractivity contribution in [3.05, 3.63) is 11.6 Å². The molecule has 0 spiro atoms. The second kappa shape index (κ2) is 5.23. The van der Waals surface area contributed by atoms with Crippen molar-refractivity contribution in [3.8, 4) is 0 Å². The molecular weight excluding hydrogens is 112 g/mol. The Morgan fingerprint density at radius 1 is 1.57 bits per heavy atom. The third kappa shape index (κ3) is 3.05. The van der Waals surface area contributed by atoms with Crippen molar-refractivity contribution in [2.45, 2.75) is 0 Å². The molecule has 0 N–H and O–H groups in total. The summed E-state index contributed by atoms with van der Waals surface area (Å²) in [4.78, 5) is 8.00. The first-order valence-corrected chi connectivity index (χ1v) is 2.34. The van der Waals surface area contributed by atoms with E-state index in [4.69, 9.17) is 4.79 Å². The molecule has 0 aromatic carbocycles. The lowest BCUT2D eigenvalue weighted by Crippen LogP contribution is -1.51. The standard InChI is InChI=1S/C2H2N2S.CH2O/c1-2-5-4-3-1;1-2/h1-2H;1H2. The van der Waals surface area contributed by atoms with Crippen LogP contribution in [0.2, 0.25) is 0 Å². The molecule has 0 aliphatic heterocycles. The van der Waals surface area contributed by atoms with Gasteiger partial charge in [-0.3, -0.25) is 0 Å². The molecule has 1 rings (SSSR count). The van der Waals surface area contributed by atoms with E-state index in [1.807, 2.05) is 12.2 Å². The van der Waals surface area contributed by atoms with Crippen LogP contribution in [0.3, 0.4) is 0 Å². The highest BCUT2D eigenvalue weighted by atomic mass is 32.1. The fourth-order valence-electron chi connectivity index (χ4n) is 0.136. The van der Waals surface area contributed by atoms with Crippen LogP contribution >= 0.6 is 11.5 Å². The molecular formula is C3H4N2OS. The molecule has 0 saturated heterocycles. The predicted molar refractivity (Wildman–Crippen MR) is 27.0 cm³/mol. The van der Waals surface area contributed by atoms with E-state index in [1.54, 1.807) is 6.20 Å². The van der Waals surface area contributed by atoms with Crippen molar-refractivity contribution in [1.82, 2.24) is 9.59 Å². The van der Waals surface area contributed by atoms with Crippen molar-refractivity contribution in [1.29, 1.82) is 0 Å². The van der Waals surface area contributed by atoms with Crippen molar-refractivity contribution >= 4 is 18.3 Å². The Morgan fingerprint density at radius 3 is 2.43 bits per heavy atom. The minimum atomic E-state index is 1.35. The van der Waals surface area contributed by atoms with E-state index in [9.17, 15) is 0 Å². The van der Waals surface area contributed by atoms with Gasteiger partial charge in [0.2, 0.25) is 0 Å². The molecule has 1 aromatic rings. The van der Waals surface area contributed by atoms with Gasteiger partial charge in [0, 0.05) is 5.38 Å². The summed E-state index contributed by atoms with van der Waals surface area (Å²) in [6.07, 6.45) is 1.66. The Morgan fingerprint density at radius 2 is 2.29 bits per heavy atom. The van der Waals surface area contributed by atoms with Gasteiger partial charge in [-0.2, -0.15) is 0 Å². The average Bonchev–Trinajstić information content (AvgIpc) is 2.23. The van der Waals surface area contributed by atoms with Crippen molar-refractivity contribution < 1.29 is 4.79 Å². The fraction of sp³-hybridized carbons (Fsp3) is 0. The summed E-state index contributed by atoms with van der Waals surface area (Å²) >= 11 is 1.35. The average molecular weight is 116 g/mol. The van der Waals surface area contributed by atoms with Crippen LogP contribution in [0, 0.1) is 0 Å². The summed E-state index contributed by atoms with van der Waals surface area (Å²) in [5, 5.41) is 5.31. The SMILES string of the molecule is C=O.c1csnn1. The van der Waals surface area contributed by atoms with Gasteiger partial charge in [0.1, 0.15) is 6.79 Å². The number of hydrogen-bond acceptors (Lipinski definition) is 4. The second-order valence-corrected chi connectivity index (χ2v) is 1.23. The van der Waals surface area contributed by atoms with E-state index in [2.05, 4.69) is 9.59 Å². The van der Waals surface area contributed by atoms with Crippen LogP contribution in [0.4, 0.5) is 0 Å². The third-order valence-electron chi connectivity index (χ3n) is 0.283. The minimum Gasteiger partial charge on any atom is -0.307 e. The molecule has 0 aliphatic rings. The molecule has 0 saturated carbocycles. The molecule has 3 nitrogen and oxygen atoms in total. The van der Waals surface area contributed by atoms with Crippen LogP contribution < -0.4 is 0 Å². The van der Waals surface area contributed by atoms with Crippen LogP contribution in [0.25, 0.3) is 0 Å². The molecule has 4 heteroatoms. The Hall–Kier alpha value is -0.770. The van der Waals surface area contributed by atoms with E-state index in [1.165, 1.54) is 11.5 Å². The van der Waals surface area contributed by atoms with Crippen LogP contribution in [0.15, 0.2) is 11.6 Å². The maximum absolute atomic E-state index is 8.00. The maximum Gasteiger partial charge on any atom is 0.106 e. The molecule has 7 heavy (non-hydrogen) atoms. The smallest absolute Gasteiger partial charge is 0.106 e. The summed E-state index contributed by atoms with van der Waals surface area (Å²) in [5.74, 6) is 0. The Bertz CT molecular complexity index is 79.8. The van der Waals surface area contributed by atoms with Gasteiger partial charge in [-0.1, -0.05) is 4.49 Å². The van der Waals surface area contributed by atoms with Gasteiger partial charge in [-0.05, 0) is 11.5 Å². The van der Waals surface area contributed by atoms with Gasteiger partial charge in [-0.15, -0.1) is 5.10 Å². The zero-order valence-corrected chi connectivity index (χ0v) is 4.39. The number of carbonyl (C=O) groups excluding carboxylic acids is 1. The predicted octanol–water partition coefficient (Wildman–Crippen LogP) is 0.353. The zero-order valence-electron chi connectivity index (χ0n) is 3.57. The lowest BCUT2D eigenvalue weighted by Gasteiger charge is -1.40. The van der Waals surface area contributed by atoms with Crippen molar-refractivity contribution in [2.75, 3.05) is 0 Å². The maximum atomic E-state index is 8.00. The molecule has 0 bridgehead atoms. The molecule has 1 aromatic heterocycles. The Balaban J connectivity index is 0.000000162. The van der Waals surface area contributed by atoms with Gasteiger partial charge in [0.25, 0.3) is 0 Å². The van der Waals surface area contributed by atoms with Gasteiger partial charge in [0.05, 0.1) is 6.20 Å². The topological polar surface area (TPSA) is 42.9 Å². The molecule has 38 valence electrons. The highest BCUT2D eigenvalue weighted by molar-refractivity contribution is 7.03. The van der Waals surface area contributed by atoms with E-state index in [0.717, 1.165) is 0 Å². The van der Waals surface area contributed by atoms with E-state index < -0.39 is 0 Å². The largest absolute Gasteiger partial charge is 0.307 e. The zero-order chi connectivity index (χ0) is 5.54. The van der Waals surface area contributed by atoms with Crippen LogP contribution in [-0.2, 0) is 4.79 Å². The van der Waals surface area contributed by atoms with E-state index in [-0.39, 0.29) is 0 Å². The lowest BCUT2D eigenvalue weighted by molar-refractivity contribution is -0.0979. The van der Waals surface area contributed by atoms with E-state index >= 15 is 0 Å². The first-order valence-electron chi connectivity index (χ1n) is 1.50. The normalized spacial score (nSPS) is 6.29. The van der Waals surface area contributed by atoms with Crippen molar-refractivity contribution in [3.63, 3.8) is 0 Å². The number of hydrogen-bond donors (Lipinski definition) is 0. The summed E-state index contributed by atoms with van der Waals surface area (Å²) in [5.41, 5.74) is 0. The molecule has 0 fully saturated rings. The van der Waals surface area contributed by atoms with Gasteiger partial charge >= 0.3 is 0 Å². The lowest BCUT2D eigenvalue weighted by atomic mass is 11.1. The second-order valence-electron chi connectivity index (χ2n) is 0.588. The van der Waals surface area contributed by atoms with Crippen molar-refractivity contribution in [2.24, 2.45) is 0 Å². The molecule has 0 atom stereocenters. The molecule has 0 aliphatic carbocycles. The van der Waals surface area contributed by atoms with Crippen LogP contribution in [0.1, 0.15) is 0 Å². The summed E-state index contributed by atoms with van der Waals surface area (Å²) in [6.45, 7) is 2.00. The quantitative estimate of drug-likeness (QED) is 0.491. The summed E-state index contributed by atoms with van der Waals surface area (Å²) in [7, 11) is 0. The number of rotatable bonds is 0. The Labute approximate surface area is 45.2 Å². The van der Waals surface area contributed by atoms with Crippen LogP contribution in [-0.4, -0.2) is 16.4 Å². The highest BCUT2D eigenvalue weighted by Crippen LogP contribution is 1.78. The highest BCUT2D eigenvalue weighted by Gasteiger charge is 1.61. The summed E-state index contributed by atoms with van der Waals surface area (Å²) in [6, 6.07) is 0. The summed E-state index contributed by atoms with van der Waals surface area (Å²) < 4.78 is 3.51. The Kier molecular flexibility index (Phi) is 4.65. The molecule has 0 radical (unpaired) electrons. The van der Waals surface area contributed by atoms with Crippen LogP contribution in [0.5, 0.6) is 0 Å². The molecule has 0 amide bonds. The monoisotopic (exact) mass is 116 g/mol.